The number of pyridine rings is 1. The predicted molar refractivity (Wildman–Crippen MR) is 119 cm³/mol. The molecule has 7 heteroatoms. The second-order valence-corrected chi connectivity index (χ2v) is 7.41. The first-order valence-electron chi connectivity index (χ1n) is 10.4. The van der Waals surface area contributed by atoms with Gasteiger partial charge in [0, 0.05) is 19.3 Å². The van der Waals surface area contributed by atoms with Crippen molar-refractivity contribution in [3.63, 3.8) is 0 Å². The SMILES string of the molecule is CCOc1ccccc1Oc1coc2c3c(ccc2c1=O)OCN(Cc1ccccn1)C3. The molecule has 0 unspecified atom stereocenters. The van der Waals surface area contributed by atoms with Crippen molar-refractivity contribution in [2.24, 2.45) is 0 Å². The van der Waals surface area contributed by atoms with Gasteiger partial charge in [-0.3, -0.25) is 14.7 Å². The highest BCUT2D eigenvalue weighted by atomic mass is 16.5. The molecule has 2 aromatic carbocycles. The molecule has 4 aromatic rings. The second kappa shape index (κ2) is 8.72. The van der Waals surface area contributed by atoms with Gasteiger partial charge in [-0.15, -0.1) is 0 Å². The molecule has 2 aromatic heterocycles. The van der Waals surface area contributed by atoms with Crippen LogP contribution >= 0.6 is 0 Å². The molecule has 0 fully saturated rings. The molecule has 5 rings (SSSR count). The fraction of sp³-hybridized carbons (Fsp3) is 0.200. The number of aromatic nitrogens is 1. The van der Waals surface area contributed by atoms with Crippen LogP contribution in [0.15, 0.2) is 76.3 Å². The largest absolute Gasteiger partial charge is 0.490 e. The molecule has 1 aliphatic heterocycles. The first-order valence-corrected chi connectivity index (χ1v) is 10.4. The molecule has 0 saturated carbocycles. The van der Waals surface area contributed by atoms with Gasteiger partial charge in [0.2, 0.25) is 11.2 Å². The van der Waals surface area contributed by atoms with E-state index < -0.39 is 0 Å². The van der Waals surface area contributed by atoms with Crippen LogP contribution in [0.5, 0.6) is 23.0 Å². The molecule has 7 nitrogen and oxygen atoms in total. The molecule has 0 bridgehead atoms. The van der Waals surface area contributed by atoms with E-state index in [1.807, 2.05) is 43.3 Å². The third-order valence-corrected chi connectivity index (χ3v) is 5.23. The van der Waals surface area contributed by atoms with Crippen LogP contribution < -0.4 is 19.6 Å². The summed E-state index contributed by atoms with van der Waals surface area (Å²) in [6.07, 6.45) is 3.12. The summed E-state index contributed by atoms with van der Waals surface area (Å²) in [5, 5.41) is 0.443. The fourth-order valence-corrected chi connectivity index (χ4v) is 3.76. The number of rotatable bonds is 6. The highest BCUT2D eigenvalue weighted by molar-refractivity contribution is 5.83. The number of para-hydroxylation sites is 2. The van der Waals surface area contributed by atoms with Crippen LogP contribution in [0.2, 0.25) is 0 Å². The van der Waals surface area contributed by atoms with E-state index in [0.29, 0.717) is 54.6 Å². The van der Waals surface area contributed by atoms with Gasteiger partial charge in [0.05, 0.1) is 23.3 Å². The van der Waals surface area contributed by atoms with E-state index >= 15 is 0 Å². The van der Waals surface area contributed by atoms with E-state index in [1.54, 1.807) is 24.4 Å². The van der Waals surface area contributed by atoms with Crippen LogP contribution in [0, 0.1) is 0 Å². The lowest BCUT2D eigenvalue weighted by molar-refractivity contribution is 0.0878. The summed E-state index contributed by atoms with van der Waals surface area (Å²) in [6.45, 7) is 4.04. The summed E-state index contributed by atoms with van der Waals surface area (Å²) in [5.74, 6) is 1.85. The number of nitrogens with zero attached hydrogens (tertiary/aromatic N) is 2. The van der Waals surface area contributed by atoms with Crippen molar-refractivity contribution in [3.05, 3.63) is 88.5 Å². The van der Waals surface area contributed by atoms with Crippen LogP contribution in [0.3, 0.4) is 0 Å². The molecule has 3 heterocycles. The maximum absolute atomic E-state index is 13.2. The number of benzene rings is 2. The maximum atomic E-state index is 13.2. The third-order valence-electron chi connectivity index (χ3n) is 5.23. The zero-order chi connectivity index (χ0) is 21.9. The first kappa shape index (κ1) is 20.1. The zero-order valence-corrected chi connectivity index (χ0v) is 17.6. The van der Waals surface area contributed by atoms with Crippen molar-refractivity contribution < 1.29 is 18.6 Å². The molecule has 0 amide bonds. The van der Waals surface area contributed by atoms with E-state index in [9.17, 15) is 4.79 Å². The summed E-state index contributed by atoms with van der Waals surface area (Å²) in [7, 11) is 0. The monoisotopic (exact) mass is 430 g/mol. The Bertz CT molecular complexity index is 1300. The van der Waals surface area contributed by atoms with Gasteiger partial charge in [-0.05, 0) is 43.3 Å². The van der Waals surface area contributed by atoms with E-state index in [-0.39, 0.29) is 11.2 Å². The van der Waals surface area contributed by atoms with Gasteiger partial charge in [-0.2, -0.15) is 0 Å². The van der Waals surface area contributed by atoms with Gasteiger partial charge in [0.25, 0.3) is 0 Å². The highest BCUT2D eigenvalue weighted by Gasteiger charge is 2.23. The number of fused-ring (bicyclic) bond motifs is 3. The van der Waals surface area contributed by atoms with Gasteiger partial charge in [-0.25, -0.2) is 0 Å². The van der Waals surface area contributed by atoms with Crippen molar-refractivity contribution in [1.29, 1.82) is 0 Å². The zero-order valence-electron chi connectivity index (χ0n) is 17.6. The molecule has 0 N–H and O–H groups in total. The van der Waals surface area contributed by atoms with E-state index in [4.69, 9.17) is 18.6 Å². The minimum Gasteiger partial charge on any atom is -0.490 e. The minimum atomic E-state index is -0.248. The lowest BCUT2D eigenvalue weighted by Crippen LogP contribution is -2.32. The summed E-state index contributed by atoms with van der Waals surface area (Å²) in [5.41, 5.74) is 2.04. The van der Waals surface area contributed by atoms with Crippen molar-refractivity contribution >= 4 is 11.0 Å². The topological polar surface area (TPSA) is 74.0 Å². The normalized spacial score (nSPS) is 13.4. The molecule has 0 atom stereocenters. The van der Waals surface area contributed by atoms with Crippen LogP contribution in [0.4, 0.5) is 0 Å². The Morgan fingerprint density at radius 3 is 2.69 bits per heavy atom. The Balaban J connectivity index is 1.46. The van der Waals surface area contributed by atoms with E-state index in [1.165, 1.54) is 6.26 Å². The molecule has 0 radical (unpaired) electrons. The van der Waals surface area contributed by atoms with Crippen molar-refractivity contribution in [3.8, 4) is 23.0 Å². The predicted octanol–water partition coefficient (Wildman–Crippen LogP) is 4.73. The number of hydrogen-bond donors (Lipinski definition) is 0. The lowest BCUT2D eigenvalue weighted by atomic mass is 10.1. The smallest absolute Gasteiger partial charge is 0.235 e. The van der Waals surface area contributed by atoms with Crippen LogP contribution in [-0.2, 0) is 13.1 Å². The Morgan fingerprint density at radius 2 is 1.88 bits per heavy atom. The van der Waals surface area contributed by atoms with Crippen molar-refractivity contribution in [2.45, 2.75) is 20.0 Å². The minimum absolute atomic E-state index is 0.103. The molecule has 0 aliphatic carbocycles. The average molecular weight is 430 g/mol. The summed E-state index contributed by atoms with van der Waals surface area (Å²) in [4.78, 5) is 19.7. The molecular formula is C25H22N2O5. The Hall–Kier alpha value is -3.84. The fourth-order valence-electron chi connectivity index (χ4n) is 3.76. The standard InChI is InChI=1S/C25H22N2O5/c1-2-29-21-8-3-4-9-22(21)32-23-15-30-25-18(24(23)28)10-11-20-19(25)14-27(16-31-20)13-17-7-5-6-12-26-17/h3-12,15H,2,13-14,16H2,1H3. The van der Waals surface area contributed by atoms with Crippen LogP contribution in [0.1, 0.15) is 18.2 Å². The first-order chi connectivity index (χ1) is 15.7. The van der Waals surface area contributed by atoms with Crippen LogP contribution in [-0.4, -0.2) is 23.2 Å². The molecule has 32 heavy (non-hydrogen) atoms. The maximum Gasteiger partial charge on any atom is 0.235 e. The Morgan fingerprint density at radius 1 is 1.03 bits per heavy atom. The molecule has 0 spiro atoms. The van der Waals surface area contributed by atoms with Gasteiger partial charge in [0.15, 0.2) is 11.5 Å². The van der Waals surface area contributed by atoms with Crippen molar-refractivity contribution in [1.82, 2.24) is 9.88 Å². The van der Waals surface area contributed by atoms with E-state index in [0.717, 1.165) is 11.3 Å². The highest BCUT2D eigenvalue weighted by Crippen LogP contribution is 2.34. The summed E-state index contributed by atoms with van der Waals surface area (Å²) < 4.78 is 23.3. The summed E-state index contributed by atoms with van der Waals surface area (Å²) in [6, 6.07) is 16.6. The molecular weight excluding hydrogens is 408 g/mol. The van der Waals surface area contributed by atoms with Gasteiger partial charge in [-0.1, -0.05) is 18.2 Å². The second-order valence-electron chi connectivity index (χ2n) is 7.41. The quantitative estimate of drug-likeness (QED) is 0.438. The van der Waals surface area contributed by atoms with Gasteiger partial charge in [0.1, 0.15) is 24.3 Å². The third kappa shape index (κ3) is 3.90. The average Bonchev–Trinajstić information content (AvgIpc) is 2.83. The van der Waals surface area contributed by atoms with Crippen molar-refractivity contribution in [2.75, 3.05) is 13.3 Å². The molecule has 0 saturated heterocycles. The Labute approximate surface area is 184 Å². The van der Waals surface area contributed by atoms with Gasteiger partial charge < -0.3 is 18.6 Å². The lowest BCUT2D eigenvalue weighted by Gasteiger charge is -2.28. The number of hydrogen-bond acceptors (Lipinski definition) is 7. The van der Waals surface area contributed by atoms with Crippen LogP contribution in [0.25, 0.3) is 11.0 Å². The molecule has 1 aliphatic rings. The van der Waals surface area contributed by atoms with Gasteiger partial charge >= 0.3 is 0 Å². The Kier molecular flexibility index (Phi) is 5.47. The molecule has 162 valence electrons. The van der Waals surface area contributed by atoms with E-state index in [2.05, 4.69) is 9.88 Å². The number of ether oxygens (including phenoxy) is 3. The summed E-state index contributed by atoms with van der Waals surface area (Å²) >= 11 is 0.